The summed E-state index contributed by atoms with van der Waals surface area (Å²) in [4.78, 5) is 4.21. The van der Waals surface area contributed by atoms with Crippen molar-refractivity contribution in [3.05, 3.63) is 22.8 Å². The Morgan fingerprint density at radius 3 is 3.00 bits per heavy atom. The molecule has 1 aromatic rings. The lowest BCUT2D eigenvalue weighted by Gasteiger charge is -2.14. The van der Waals surface area contributed by atoms with Crippen LogP contribution in [0.15, 0.2) is 22.8 Å². The third kappa shape index (κ3) is 4.75. The first-order valence-corrected chi connectivity index (χ1v) is 7.28. The van der Waals surface area contributed by atoms with Gasteiger partial charge in [-0.25, -0.2) is 4.98 Å². The van der Waals surface area contributed by atoms with Crippen LogP contribution in [0.4, 0.5) is 5.82 Å². The minimum atomic E-state index is -0.722. The first-order chi connectivity index (χ1) is 7.09. The maximum absolute atomic E-state index is 10.9. The summed E-state index contributed by atoms with van der Waals surface area (Å²) in [5, 5.41) is 3.27. The Balaban J connectivity index is 2.47. The largest absolute Gasteiger partial charge is 0.367 e. The van der Waals surface area contributed by atoms with Gasteiger partial charge in [0, 0.05) is 35.0 Å². The zero-order valence-electron chi connectivity index (χ0n) is 8.87. The summed E-state index contributed by atoms with van der Waals surface area (Å²) in [6.07, 6.45) is 4.35. The predicted molar refractivity (Wildman–Crippen MR) is 68.6 cm³/mol. The summed E-state index contributed by atoms with van der Waals surface area (Å²) in [6.45, 7) is 2.06. The summed E-state index contributed by atoms with van der Waals surface area (Å²) < 4.78 is 11.9. The molecule has 1 N–H and O–H groups in total. The van der Waals surface area contributed by atoms with Crippen LogP contribution >= 0.6 is 15.9 Å². The maximum atomic E-state index is 10.9. The first-order valence-electron chi connectivity index (χ1n) is 4.76. The van der Waals surface area contributed by atoms with Gasteiger partial charge in [0.1, 0.15) is 5.82 Å². The molecule has 1 aromatic heterocycles. The summed E-state index contributed by atoms with van der Waals surface area (Å²) in [7, 11) is -0.722. The average Bonchev–Trinajstić information content (AvgIpc) is 2.18. The standard InChI is InChI=1S/C10H15BrN2OS/c1-8(5-7-15(2)14)13-10-9(11)4-3-6-12-10/h3-4,6,8H,5,7H2,1-2H3,(H,12,13). The van der Waals surface area contributed by atoms with Gasteiger partial charge in [-0.3, -0.25) is 4.21 Å². The lowest BCUT2D eigenvalue weighted by Crippen LogP contribution is -2.18. The Morgan fingerprint density at radius 2 is 2.40 bits per heavy atom. The summed E-state index contributed by atoms with van der Waals surface area (Å²) >= 11 is 3.42. The van der Waals surface area contributed by atoms with Gasteiger partial charge in [-0.2, -0.15) is 0 Å². The summed E-state index contributed by atoms with van der Waals surface area (Å²) in [5.41, 5.74) is 0. The van der Waals surface area contributed by atoms with Crippen molar-refractivity contribution in [1.29, 1.82) is 0 Å². The van der Waals surface area contributed by atoms with Crippen LogP contribution in [-0.2, 0) is 10.8 Å². The fraction of sp³-hybridized carbons (Fsp3) is 0.500. The first kappa shape index (κ1) is 12.6. The third-order valence-corrected chi connectivity index (χ3v) is 3.43. The minimum Gasteiger partial charge on any atom is -0.367 e. The molecule has 0 aromatic carbocycles. The highest BCUT2D eigenvalue weighted by Gasteiger charge is 2.06. The van der Waals surface area contributed by atoms with Gasteiger partial charge < -0.3 is 5.32 Å². The molecule has 0 radical (unpaired) electrons. The van der Waals surface area contributed by atoms with E-state index in [4.69, 9.17) is 0 Å². The number of nitrogens with one attached hydrogen (secondary N) is 1. The van der Waals surface area contributed by atoms with Gasteiger partial charge in [-0.15, -0.1) is 0 Å². The molecule has 84 valence electrons. The molecular weight excluding hydrogens is 276 g/mol. The Labute approximate surface area is 101 Å². The van der Waals surface area contributed by atoms with Crippen molar-refractivity contribution in [2.45, 2.75) is 19.4 Å². The molecule has 0 spiro atoms. The highest BCUT2D eigenvalue weighted by atomic mass is 79.9. The zero-order valence-corrected chi connectivity index (χ0v) is 11.3. The van der Waals surface area contributed by atoms with Gasteiger partial charge in [0.05, 0.1) is 4.47 Å². The fourth-order valence-corrected chi connectivity index (χ4v) is 2.20. The third-order valence-electron chi connectivity index (χ3n) is 1.98. The molecule has 1 rings (SSSR count). The Bertz CT molecular complexity index is 346. The van der Waals surface area contributed by atoms with Crippen molar-refractivity contribution < 1.29 is 4.21 Å². The second kappa shape index (κ2) is 6.23. The van der Waals surface area contributed by atoms with E-state index >= 15 is 0 Å². The summed E-state index contributed by atoms with van der Waals surface area (Å²) in [5.74, 6) is 1.56. The van der Waals surface area contributed by atoms with Crippen molar-refractivity contribution in [3.63, 3.8) is 0 Å². The van der Waals surface area contributed by atoms with E-state index in [1.54, 1.807) is 12.5 Å². The Morgan fingerprint density at radius 1 is 1.67 bits per heavy atom. The van der Waals surface area contributed by atoms with Crippen LogP contribution in [0.3, 0.4) is 0 Å². The topological polar surface area (TPSA) is 42.0 Å². The van der Waals surface area contributed by atoms with E-state index in [2.05, 4.69) is 33.2 Å². The smallest absolute Gasteiger partial charge is 0.140 e. The van der Waals surface area contributed by atoms with Crippen LogP contribution in [-0.4, -0.2) is 27.2 Å². The van der Waals surface area contributed by atoms with Crippen molar-refractivity contribution in [1.82, 2.24) is 4.98 Å². The fourth-order valence-electron chi connectivity index (χ4n) is 1.14. The van der Waals surface area contributed by atoms with Crippen LogP contribution in [0.5, 0.6) is 0 Å². The van der Waals surface area contributed by atoms with Gasteiger partial charge in [-0.05, 0) is 41.4 Å². The molecule has 1 heterocycles. The molecule has 15 heavy (non-hydrogen) atoms. The maximum Gasteiger partial charge on any atom is 0.140 e. The Kier molecular flexibility index (Phi) is 5.25. The molecule has 0 saturated carbocycles. The van der Waals surface area contributed by atoms with Crippen molar-refractivity contribution in [3.8, 4) is 0 Å². The monoisotopic (exact) mass is 290 g/mol. The molecule has 0 saturated heterocycles. The quantitative estimate of drug-likeness (QED) is 0.906. The van der Waals surface area contributed by atoms with Crippen LogP contribution in [0.25, 0.3) is 0 Å². The molecule has 0 bridgehead atoms. The number of pyridine rings is 1. The highest BCUT2D eigenvalue weighted by molar-refractivity contribution is 9.10. The van der Waals surface area contributed by atoms with E-state index < -0.39 is 10.8 Å². The molecule has 0 amide bonds. The van der Waals surface area contributed by atoms with Crippen LogP contribution < -0.4 is 5.32 Å². The molecule has 0 fully saturated rings. The molecule has 0 aliphatic rings. The molecule has 0 aliphatic heterocycles. The minimum absolute atomic E-state index is 0.278. The van der Waals surface area contributed by atoms with E-state index in [9.17, 15) is 4.21 Å². The van der Waals surface area contributed by atoms with E-state index in [1.807, 2.05) is 12.1 Å². The van der Waals surface area contributed by atoms with Crippen molar-refractivity contribution in [2.24, 2.45) is 0 Å². The van der Waals surface area contributed by atoms with Gasteiger partial charge in [0.15, 0.2) is 0 Å². The number of aromatic nitrogens is 1. The lowest BCUT2D eigenvalue weighted by atomic mass is 10.2. The second-order valence-corrected chi connectivity index (χ2v) is 5.85. The molecule has 2 atom stereocenters. The molecule has 2 unspecified atom stereocenters. The van der Waals surface area contributed by atoms with E-state index in [0.29, 0.717) is 0 Å². The van der Waals surface area contributed by atoms with Gasteiger partial charge in [-0.1, -0.05) is 0 Å². The number of hydrogen-bond acceptors (Lipinski definition) is 3. The number of nitrogens with zero attached hydrogens (tertiary/aromatic N) is 1. The van der Waals surface area contributed by atoms with Crippen LogP contribution in [0.1, 0.15) is 13.3 Å². The second-order valence-electron chi connectivity index (χ2n) is 3.45. The van der Waals surface area contributed by atoms with Crippen molar-refractivity contribution >= 4 is 32.5 Å². The number of rotatable bonds is 5. The number of hydrogen-bond donors (Lipinski definition) is 1. The normalized spacial score (nSPS) is 14.6. The predicted octanol–water partition coefficient (Wildman–Crippen LogP) is 2.41. The number of anilines is 1. The van der Waals surface area contributed by atoms with Gasteiger partial charge in [0.25, 0.3) is 0 Å². The van der Waals surface area contributed by atoms with Gasteiger partial charge in [0.2, 0.25) is 0 Å². The average molecular weight is 291 g/mol. The Hall–Kier alpha value is -0.420. The van der Waals surface area contributed by atoms with E-state index in [1.165, 1.54) is 0 Å². The molecule has 0 aliphatic carbocycles. The molecule has 3 nitrogen and oxygen atoms in total. The highest BCUT2D eigenvalue weighted by Crippen LogP contribution is 2.19. The lowest BCUT2D eigenvalue weighted by molar-refractivity contribution is 0.678. The molecule has 5 heteroatoms. The SMILES string of the molecule is CC(CCS(C)=O)Nc1ncccc1Br. The van der Waals surface area contributed by atoms with Crippen LogP contribution in [0, 0.1) is 0 Å². The van der Waals surface area contributed by atoms with Crippen molar-refractivity contribution in [2.75, 3.05) is 17.3 Å². The van der Waals surface area contributed by atoms with E-state index in [0.717, 1.165) is 22.5 Å². The number of halogens is 1. The zero-order chi connectivity index (χ0) is 11.3. The van der Waals surface area contributed by atoms with Crippen LogP contribution in [0.2, 0.25) is 0 Å². The van der Waals surface area contributed by atoms with E-state index in [-0.39, 0.29) is 6.04 Å². The molecular formula is C10H15BrN2OS. The van der Waals surface area contributed by atoms with Gasteiger partial charge >= 0.3 is 0 Å². The summed E-state index contributed by atoms with van der Waals surface area (Å²) in [6, 6.07) is 4.10.